The number of hydrogen-bond donors (Lipinski definition) is 4. The van der Waals surface area contributed by atoms with Gasteiger partial charge in [-0.05, 0) is 28.5 Å². The molecule has 11 heteroatoms. The van der Waals surface area contributed by atoms with E-state index in [1.807, 2.05) is 36.4 Å². The second kappa shape index (κ2) is 12.0. The number of carbonyl (C=O) groups excluding carboxylic acids is 3. The van der Waals surface area contributed by atoms with Gasteiger partial charge in [-0.2, -0.15) is 4.99 Å². The molecule has 0 spiro atoms. The van der Waals surface area contributed by atoms with E-state index in [0.29, 0.717) is 0 Å². The molecule has 0 aliphatic rings. The fourth-order valence-corrected chi connectivity index (χ4v) is 3.90. The summed E-state index contributed by atoms with van der Waals surface area (Å²) in [5.41, 5.74) is 6.52. The van der Waals surface area contributed by atoms with Crippen LogP contribution in [0.2, 0.25) is 0 Å². The third-order valence-corrected chi connectivity index (χ3v) is 6.05. The van der Waals surface area contributed by atoms with Crippen LogP contribution >= 0.6 is 11.8 Å². The standard InChI is InChI=1S/C23H30N6O4S/c1-13(15-6-7-17-11-18(33-5)9-8-16(17)10-15)21(32)34-12-19(26-14(2)30)20(31)27-22(24)28-23(25)29(3)4/h6-11,13,19H,12H2,1-5H3,(H,26,30)(H4,24,25,27,28,31)/t13-,19?/m0/s1. The fourth-order valence-electron chi connectivity index (χ4n) is 2.95. The van der Waals surface area contributed by atoms with Gasteiger partial charge in [0.1, 0.15) is 11.8 Å². The number of nitrogens with one attached hydrogen (secondary N) is 3. The molecule has 2 rings (SSSR count). The number of carbonyl (C=O) groups is 3. The van der Waals surface area contributed by atoms with Crippen LogP contribution in [0.3, 0.4) is 0 Å². The number of benzene rings is 2. The highest BCUT2D eigenvalue weighted by Gasteiger charge is 2.24. The van der Waals surface area contributed by atoms with E-state index < -0.39 is 23.8 Å². The molecule has 0 aliphatic carbocycles. The third-order valence-electron chi connectivity index (χ3n) is 4.91. The van der Waals surface area contributed by atoms with Gasteiger partial charge >= 0.3 is 0 Å². The Morgan fingerprint density at radius 2 is 1.82 bits per heavy atom. The quantitative estimate of drug-likeness (QED) is 0.343. The van der Waals surface area contributed by atoms with Gasteiger partial charge in [-0.15, -0.1) is 0 Å². The van der Waals surface area contributed by atoms with Gasteiger partial charge < -0.3 is 20.7 Å². The van der Waals surface area contributed by atoms with Crippen molar-refractivity contribution >= 4 is 51.4 Å². The van der Waals surface area contributed by atoms with Crippen LogP contribution in [-0.2, 0) is 14.4 Å². The van der Waals surface area contributed by atoms with Crippen LogP contribution < -0.4 is 21.1 Å². The first kappa shape index (κ1) is 26.7. The Morgan fingerprint density at radius 1 is 1.18 bits per heavy atom. The summed E-state index contributed by atoms with van der Waals surface area (Å²) in [5.74, 6) is -1.15. The minimum absolute atomic E-state index is 0.0117. The third kappa shape index (κ3) is 7.48. The number of methoxy groups -OCH3 is 1. The Hall–Kier alpha value is -3.60. The van der Waals surface area contributed by atoms with E-state index >= 15 is 0 Å². The van der Waals surface area contributed by atoms with Crippen LogP contribution in [0.5, 0.6) is 5.75 Å². The molecule has 1 unspecified atom stereocenters. The molecule has 0 fully saturated rings. The number of rotatable bonds is 7. The smallest absolute Gasteiger partial charge is 0.250 e. The number of ether oxygens (including phenoxy) is 1. The average molecular weight is 487 g/mol. The van der Waals surface area contributed by atoms with Crippen LogP contribution in [0, 0.1) is 5.41 Å². The molecular weight excluding hydrogens is 456 g/mol. The lowest BCUT2D eigenvalue weighted by molar-refractivity contribution is -0.126. The van der Waals surface area contributed by atoms with E-state index in [4.69, 9.17) is 15.9 Å². The predicted molar refractivity (Wildman–Crippen MR) is 135 cm³/mol. The lowest BCUT2D eigenvalue weighted by atomic mass is 9.99. The Labute approximate surface area is 202 Å². The number of amides is 2. The molecule has 34 heavy (non-hydrogen) atoms. The highest BCUT2D eigenvalue weighted by Crippen LogP contribution is 2.28. The van der Waals surface area contributed by atoms with Crippen LogP contribution in [0.25, 0.3) is 10.8 Å². The predicted octanol–water partition coefficient (Wildman–Crippen LogP) is 1.64. The first-order chi connectivity index (χ1) is 16.0. The van der Waals surface area contributed by atoms with E-state index in [1.165, 1.54) is 11.8 Å². The highest BCUT2D eigenvalue weighted by atomic mass is 32.2. The van der Waals surface area contributed by atoms with Crippen LogP contribution in [0.4, 0.5) is 0 Å². The zero-order valence-corrected chi connectivity index (χ0v) is 20.7. The molecule has 0 saturated heterocycles. The molecule has 2 atom stereocenters. The van der Waals surface area contributed by atoms with Crippen molar-refractivity contribution in [2.24, 2.45) is 10.7 Å². The maximum absolute atomic E-state index is 12.9. The topological polar surface area (TPSA) is 150 Å². The zero-order chi connectivity index (χ0) is 25.4. The summed E-state index contributed by atoms with van der Waals surface area (Å²) in [5, 5.41) is 14.4. The molecule has 10 nitrogen and oxygen atoms in total. The molecule has 0 radical (unpaired) electrons. The van der Waals surface area contributed by atoms with Gasteiger partial charge in [0.05, 0.1) is 13.0 Å². The van der Waals surface area contributed by atoms with Crippen molar-refractivity contribution in [3.05, 3.63) is 42.0 Å². The lowest BCUT2D eigenvalue weighted by Gasteiger charge is -2.18. The second-order valence-electron chi connectivity index (χ2n) is 7.78. The SMILES string of the molecule is COc1ccc2cc([C@H](C)C(=O)SCC(NC(C)=O)C(=O)N/C(N)=N/C(=N)N(C)C)ccc2c1. The maximum atomic E-state index is 12.9. The number of guanidine groups is 2. The summed E-state index contributed by atoms with van der Waals surface area (Å²) in [4.78, 5) is 42.2. The minimum atomic E-state index is -1.01. The summed E-state index contributed by atoms with van der Waals surface area (Å²) < 4.78 is 5.24. The molecular formula is C23H30N6O4S. The number of thioether (sulfide) groups is 1. The van der Waals surface area contributed by atoms with Gasteiger partial charge in [-0.1, -0.05) is 43.0 Å². The van der Waals surface area contributed by atoms with Gasteiger partial charge in [0.2, 0.25) is 23.7 Å². The molecule has 0 bridgehead atoms. The van der Waals surface area contributed by atoms with Crippen molar-refractivity contribution in [2.75, 3.05) is 27.0 Å². The Morgan fingerprint density at radius 3 is 2.44 bits per heavy atom. The summed E-state index contributed by atoms with van der Waals surface area (Å²) >= 11 is 0.949. The first-order valence-corrected chi connectivity index (χ1v) is 11.4. The highest BCUT2D eigenvalue weighted by molar-refractivity contribution is 8.13. The Bertz CT molecular complexity index is 1120. The molecule has 0 heterocycles. The second-order valence-corrected chi connectivity index (χ2v) is 8.81. The summed E-state index contributed by atoms with van der Waals surface area (Å²) in [6, 6.07) is 10.5. The van der Waals surface area contributed by atoms with E-state index in [1.54, 1.807) is 28.1 Å². The van der Waals surface area contributed by atoms with Crippen molar-refractivity contribution < 1.29 is 19.1 Å². The first-order valence-electron chi connectivity index (χ1n) is 10.4. The van der Waals surface area contributed by atoms with Gasteiger partial charge in [0, 0.05) is 26.8 Å². The minimum Gasteiger partial charge on any atom is -0.497 e. The molecule has 2 aromatic rings. The van der Waals surface area contributed by atoms with Crippen molar-refractivity contribution in [2.45, 2.75) is 25.8 Å². The largest absolute Gasteiger partial charge is 0.497 e. The number of aliphatic imine (C=N–C) groups is 1. The maximum Gasteiger partial charge on any atom is 0.250 e. The van der Waals surface area contributed by atoms with Crippen molar-refractivity contribution in [1.82, 2.24) is 15.5 Å². The normalized spacial score (nSPS) is 13.0. The Kier molecular flexibility index (Phi) is 9.43. The van der Waals surface area contributed by atoms with Crippen LogP contribution in [0.15, 0.2) is 41.4 Å². The van der Waals surface area contributed by atoms with Crippen molar-refractivity contribution in [1.29, 1.82) is 5.41 Å². The van der Waals surface area contributed by atoms with Gasteiger partial charge in [-0.3, -0.25) is 25.1 Å². The number of nitrogens with zero attached hydrogens (tertiary/aromatic N) is 2. The van der Waals surface area contributed by atoms with Gasteiger partial charge in [0.25, 0.3) is 0 Å². The zero-order valence-electron chi connectivity index (χ0n) is 19.8. The molecule has 0 aromatic heterocycles. The van der Waals surface area contributed by atoms with Crippen LogP contribution in [-0.4, -0.2) is 66.7 Å². The number of nitrogens with two attached hydrogens (primary N) is 1. The van der Waals surface area contributed by atoms with E-state index in [-0.39, 0.29) is 22.8 Å². The summed E-state index contributed by atoms with van der Waals surface area (Å²) in [6.45, 7) is 3.07. The van der Waals surface area contributed by atoms with Crippen molar-refractivity contribution in [3.8, 4) is 5.75 Å². The summed E-state index contributed by atoms with van der Waals surface area (Å²) in [7, 11) is 4.83. The molecule has 2 aromatic carbocycles. The average Bonchev–Trinajstić information content (AvgIpc) is 2.79. The molecule has 2 amide bonds. The fraction of sp³-hybridized carbons (Fsp3) is 0.348. The number of hydrogen-bond acceptors (Lipinski definition) is 6. The van der Waals surface area contributed by atoms with E-state index in [0.717, 1.165) is 33.8 Å². The lowest BCUT2D eigenvalue weighted by Crippen LogP contribution is -2.51. The summed E-state index contributed by atoms with van der Waals surface area (Å²) in [6.07, 6.45) is 0. The van der Waals surface area contributed by atoms with Gasteiger partial charge in [-0.25, -0.2) is 0 Å². The van der Waals surface area contributed by atoms with Crippen LogP contribution in [0.1, 0.15) is 25.3 Å². The molecule has 0 saturated carbocycles. The van der Waals surface area contributed by atoms with E-state index in [9.17, 15) is 14.4 Å². The molecule has 182 valence electrons. The monoisotopic (exact) mass is 486 g/mol. The Balaban J connectivity index is 2.07. The molecule has 5 N–H and O–H groups in total. The number of fused-ring (bicyclic) bond motifs is 1. The van der Waals surface area contributed by atoms with Crippen molar-refractivity contribution in [3.63, 3.8) is 0 Å². The van der Waals surface area contributed by atoms with E-state index in [2.05, 4.69) is 15.6 Å². The molecule has 0 aliphatic heterocycles. The van der Waals surface area contributed by atoms with Gasteiger partial charge in [0.15, 0.2) is 5.12 Å².